The molecule has 1 aliphatic carbocycles. The van der Waals surface area contributed by atoms with E-state index >= 15 is 0 Å². The SMILES string of the molecule is COc1ccc2c(c1)C1NCCOC1CC2. The van der Waals surface area contributed by atoms with Crippen molar-refractivity contribution >= 4 is 0 Å². The molecule has 3 heteroatoms. The van der Waals surface area contributed by atoms with Gasteiger partial charge in [0.05, 0.1) is 25.9 Å². The molecule has 16 heavy (non-hydrogen) atoms. The molecular formula is C13H17NO2. The molecule has 0 saturated carbocycles. The van der Waals surface area contributed by atoms with Crippen molar-refractivity contribution < 1.29 is 9.47 Å². The number of nitrogens with one attached hydrogen (secondary N) is 1. The molecule has 1 aromatic carbocycles. The van der Waals surface area contributed by atoms with Gasteiger partial charge in [0.1, 0.15) is 5.75 Å². The van der Waals surface area contributed by atoms with E-state index in [-0.39, 0.29) is 0 Å². The second-order valence-electron chi connectivity index (χ2n) is 4.44. The van der Waals surface area contributed by atoms with Crippen molar-refractivity contribution in [3.8, 4) is 5.75 Å². The highest BCUT2D eigenvalue weighted by atomic mass is 16.5. The highest BCUT2D eigenvalue weighted by Gasteiger charge is 2.32. The van der Waals surface area contributed by atoms with Crippen molar-refractivity contribution in [3.05, 3.63) is 29.3 Å². The fourth-order valence-electron chi connectivity index (χ4n) is 2.73. The van der Waals surface area contributed by atoms with Crippen LogP contribution in [0.4, 0.5) is 0 Å². The quantitative estimate of drug-likeness (QED) is 0.779. The van der Waals surface area contributed by atoms with Crippen LogP contribution in [0.15, 0.2) is 18.2 Å². The molecule has 1 aliphatic heterocycles. The molecule has 1 N–H and O–H groups in total. The molecule has 1 aromatic rings. The van der Waals surface area contributed by atoms with Crippen LogP contribution in [0.2, 0.25) is 0 Å². The first-order valence-electron chi connectivity index (χ1n) is 5.90. The van der Waals surface area contributed by atoms with Crippen molar-refractivity contribution in [2.75, 3.05) is 20.3 Å². The summed E-state index contributed by atoms with van der Waals surface area (Å²) in [6.07, 6.45) is 2.58. The molecule has 3 nitrogen and oxygen atoms in total. The number of hydrogen-bond acceptors (Lipinski definition) is 3. The van der Waals surface area contributed by atoms with E-state index in [0.29, 0.717) is 12.1 Å². The molecular weight excluding hydrogens is 202 g/mol. The van der Waals surface area contributed by atoms with Crippen LogP contribution in [-0.2, 0) is 11.2 Å². The predicted molar refractivity (Wildman–Crippen MR) is 61.8 cm³/mol. The molecule has 0 bridgehead atoms. The van der Waals surface area contributed by atoms with Crippen LogP contribution in [0.3, 0.4) is 0 Å². The Morgan fingerprint density at radius 1 is 1.44 bits per heavy atom. The minimum absolute atomic E-state index is 0.341. The predicted octanol–water partition coefficient (Wildman–Crippen LogP) is 1.67. The van der Waals surface area contributed by atoms with Gasteiger partial charge in [0.25, 0.3) is 0 Å². The molecule has 1 saturated heterocycles. The van der Waals surface area contributed by atoms with Gasteiger partial charge in [-0.05, 0) is 36.1 Å². The van der Waals surface area contributed by atoms with E-state index in [9.17, 15) is 0 Å². The molecule has 0 radical (unpaired) electrons. The summed E-state index contributed by atoms with van der Waals surface area (Å²) in [5, 5.41) is 3.55. The van der Waals surface area contributed by atoms with Gasteiger partial charge >= 0.3 is 0 Å². The van der Waals surface area contributed by atoms with Crippen LogP contribution < -0.4 is 10.1 Å². The third-order valence-corrected chi connectivity index (χ3v) is 3.56. The van der Waals surface area contributed by atoms with Gasteiger partial charge in [0, 0.05) is 6.54 Å². The zero-order valence-corrected chi connectivity index (χ0v) is 9.53. The number of fused-ring (bicyclic) bond motifs is 3. The zero-order valence-electron chi connectivity index (χ0n) is 9.53. The van der Waals surface area contributed by atoms with Crippen molar-refractivity contribution in [3.63, 3.8) is 0 Å². The summed E-state index contributed by atoms with van der Waals surface area (Å²) in [4.78, 5) is 0. The van der Waals surface area contributed by atoms with Gasteiger partial charge in [-0.2, -0.15) is 0 Å². The minimum Gasteiger partial charge on any atom is -0.497 e. The summed E-state index contributed by atoms with van der Waals surface area (Å²) in [7, 11) is 1.72. The average Bonchev–Trinajstić information content (AvgIpc) is 2.38. The lowest BCUT2D eigenvalue weighted by molar-refractivity contribution is -0.0139. The molecule has 2 aliphatic rings. The minimum atomic E-state index is 0.341. The van der Waals surface area contributed by atoms with Crippen molar-refractivity contribution in [1.82, 2.24) is 5.32 Å². The molecule has 2 unspecified atom stereocenters. The third-order valence-electron chi connectivity index (χ3n) is 3.56. The highest BCUT2D eigenvalue weighted by molar-refractivity contribution is 5.40. The smallest absolute Gasteiger partial charge is 0.119 e. The Morgan fingerprint density at radius 3 is 3.25 bits per heavy atom. The number of benzene rings is 1. The Hall–Kier alpha value is -1.06. The van der Waals surface area contributed by atoms with E-state index in [1.807, 2.05) is 6.07 Å². The maximum absolute atomic E-state index is 5.81. The van der Waals surface area contributed by atoms with Crippen LogP contribution in [-0.4, -0.2) is 26.4 Å². The first kappa shape index (κ1) is 10.1. The summed E-state index contributed by atoms with van der Waals surface area (Å²) in [6.45, 7) is 1.78. The lowest BCUT2D eigenvalue weighted by Gasteiger charge is -2.37. The fraction of sp³-hybridized carbons (Fsp3) is 0.538. The summed E-state index contributed by atoms with van der Waals surface area (Å²) >= 11 is 0. The highest BCUT2D eigenvalue weighted by Crippen LogP contribution is 2.35. The van der Waals surface area contributed by atoms with Crippen molar-refractivity contribution in [2.24, 2.45) is 0 Å². The van der Waals surface area contributed by atoms with Crippen LogP contribution in [0, 0.1) is 0 Å². The van der Waals surface area contributed by atoms with Gasteiger partial charge in [-0.1, -0.05) is 6.07 Å². The van der Waals surface area contributed by atoms with Gasteiger partial charge in [-0.3, -0.25) is 0 Å². The molecule has 86 valence electrons. The number of morpholine rings is 1. The molecule has 3 rings (SSSR count). The van der Waals surface area contributed by atoms with Crippen LogP contribution >= 0.6 is 0 Å². The maximum atomic E-state index is 5.81. The molecule has 1 heterocycles. The van der Waals surface area contributed by atoms with Crippen molar-refractivity contribution in [2.45, 2.75) is 25.0 Å². The van der Waals surface area contributed by atoms with Crippen LogP contribution in [0.25, 0.3) is 0 Å². The Bertz CT molecular complexity index is 392. The summed E-state index contributed by atoms with van der Waals surface area (Å²) in [5.41, 5.74) is 2.79. The van der Waals surface area contributed by atoms with E-state index in [0.717, 1.165) is 31.7 Å². The topological polar surface area (TPSA) is 30.5 Å². The van der Waals surface area contributed by atoms with E-state index in [1.54, 1.807) is 7.11 Å². The lowest BCUT2D eigenvalue weighted by Crippen LogP contribution is -2.44. The third kappa shape index (κ3) is 1.60. The van der Waals surface area contributed by atoms with Gasteiger partial charge in [-0.25, -0.2) is 0 Å². The summed E-state index contributed by atoms with van der Waals surface area (Å²) in [6, 6.07) is 6.73. The molecule has 2 atom stereocenters. The number of methoxy groups -OCH3 is 1. The maximum Gasteiger partial charge on any atom is 0.119 e. The van der Waals surface area contributed by atoms with Gasteiger partial charge in [0.2, 0.25) is 0 Å². The van der Waals surface area contributed by atoms with E-state index in [4.69, 9.17) is 9.47 Å². The van der Waals surface area contributed by atoms with Gasteiger partial charge in [0.15, 0.2) is 0 Å². The number of aryl methyl sites for hydroxylation is 1. The second kappa shape index (κ2) is 4.07. The normalized spacial score (nSPS) is 28.1. The van der Waals surface area contributed by atoms with Crippen LogP contribution in [0.1, 0.15) is 23.6 Å². The lowest BCUT2D eigenvalue weighted by atomic mass is 9.84. The monoisotopic (exact) mass is 219 g/mol. The molecule has 0 aromatic heterocycles. The summed E-state index contributed by atoms with van der Waals surface area (Å²) < 4.78 is 11.1. The fourth-order valence-corrected chi connectivity index (χ4v) is 2.73. The zero-order chi connectivity index (χ0) is 11.0. The summed E-state index contributed by atoms with van der Waals surface area (Å²) in [5.74, 6) is 0.937. The van der Waals surface area contributed by atoms with Gasteiger partial charge in [-0.15, -0.1) is 0 Å². The Morgan fingerprint density at radius 2 is 2.38 bits per heavy atom. The molecule has 0 spiro atoms. The Labute approximate surface area is 95.8 Å². The average molecular weight is 219 g/mol. The van der Waals surface area contributed by atoms with E-state index in [2.05, 4.69) is 17.4 Å². The largest absolute Gasteiger partial charge is 0.497 e. The molecule has 0 amide bonds. The number of rotatable bonds is 1. The first-order chi connectivity index (χ1) is 7.88. The van der Waals surface area contributed by atoms with E-state index < -0.39 is 0 Å². The van der Waals surface area contributed by atoms with E-state index in [1.165, 1.54) is 11.1 Å². The van der Waals surface area contributed by atoms with Crippen LogP contribution in [0.5, 0.6) is 5.75 Å². The van der Waals surface area contributed by atoms with Gasteiger partial charge < -0.3 is 14.8 Å². The number of ether oxygens (including phenoxy) is 2. The first-order valence-corrected chi connectivity index (χ1v) is 5.90. The number of hydrogen-bond donors (Lipinski definition) is 1. The molecule has 1 fully saturated rings. The Kier molecular flexibility index (Phi) is 2.58. The second-order valence-corrected chi connectivity index (χ2v) is 4.44. The standard InChI is InChI=1S/C13H17NO2/c1-15-10-4-2-9-3-5-12-13(11(9)8-10)14-6-7-16-12/h2,4,8,12-14H,3,5-7H2,1H3. The Balaban J connectivity index is 1.98. The van der Waals surface area contributed by atoms with Crippen molar-refractivity contribution in [1.29, 1.82) is 0 Å².